The molecule has 1 heterocycles. The molecule has 0 radical (unpaired) electrons. The molecule has 0 bridgehead atoms. The van der Waals surface area contributed by atoms with Crippen LogP contribution in [-0.4, -0.2) is 16.1 Å². The Bertz CT molecular complexity index is 731. The highest BCUT2D eigenvalue weighted by molar-refractivity contribution is 7.98. The standard InChI is InChI=1S/C16H13NO2S/c18-16(19)13-6-3-4-11(8-13)10-20-15-9-12-5-1-2-7-14(12)17-15/h1-9,17H,10H2,(H,18,19). The van der Waals surface area contributed by atoms with Crippen LogP contribution in [0.1, 0.15) is 15.9 Å². The first kappa shape index (κ1) is 12.8. The zero-order valence-corrected chi connectivity index (χ0v) is 11.5. The average Bonchev–Trinajstić information content (AvgIpc) is 2.88. The van der Waals surface area contributed by atoms with E-state index in [1.165, 1.54) is 5.39 Å². The van der Waals surface area contributed by atoms with Crippen molar-refractivity contribution in [2.24, 2.45) is 0 Å². The zero-order valence-electron chi connectivity index (χ0n) is 10.7. The van der Waals surface area contributed by atoms with Crippen LogP contribution < -0.4 is 0 Å². The van der Waals surface area contributed by atoms with Gasteiger partial charge in [-0.05, 0) is 29.8 Å². The fourth-order valence-electron chi connectivity index (χ4n) is 2.08. The first-order valence-corrected chi connectivity index (χ1v) is 7.24. The number of nitrogens with one attached hydrogen (secondary N) is 1. The minimum absolute atomic E-state index is 0.333. The Labute approximate surface area is 120 Å². The molecule has 0 aliphatic heterocycles. The Kier molecular flexibility index (Phi) is 3.48. The largest absolute Gasteiger partial charge is 0.478 e. The number of para-hydroxylation sites is 1. The topological polar surface area (TPSA) is 53.1 Å². The van der Waals surface area contributed by atoms with E-state index in [0.717, 1.165) is 21.9 Å². The van der Waals surface area contributed by atoms with Crippen LogP contribution >= 0.6 is 11.8 Å². The van der Waals surface area contributed by atoms with E-state index in [2.05, 4.69) is 17.1 Å². The average molecular weight is 283 g/mol. The molecule has 0 saturated heterocycles. The van der Waals surface area contributed by atoms with Crippen molar-refractivity contribution in [2.45, 2.75) is 10.8 Å². The molecule has 0 amide bonds. The second-order valence-corrected chi connectivity index (χ2v) is 5.53. The maximum absolute atomic E-state index is 10.9. The van der Waals surface area contributed by atoms with Crippen LogP contribution in [0.15, 0.2) is 59.6 Å². The Morgan fingerprint density at radius 2 is 1.95 bits per heavy atom. The molecule has 0 aliphatic rings. The number of aromatic carboxylic acids is 1. The molecule has 0 aliphatic carbocycles. The quantitative estimate of drug-likeness (QED) is 0.707. The van der Waals surface area contributed by atoms with Crippen molar-refractivity contribution in [2.75, 3.05) is 0 Å². The number of aromatic amines is 1. The van der Waals surface area contributed by atoms with Gasteiger partial charge in [0.25, 0.3) is 0 Å². The van der Waals surface area contributed by atoms with E-state index in [1.807, 2.05) is 24.3 Å². The van der Waals surface area contributed by atoms with Crippen LogP contribution in [0.4, 0.5) is 0 Å². The van der Waals surface area contributed by atoms with Gasteiger partial charge in [0.05, 0.1) is 10.6 Å². The maximum Gasteiger partial charge on any atom is 0.335 e. The van der Waals surface area contributed by atoms with E-state index in [0.29, 0.717) is 5.56 Å². The Morgan fingerprint density at radius 1 is 1.10 bits per heavy atom. The van der Waals surface area contributed by atoms with Crippen LogP contribution in [0.2, 0.25) is 0 Å². The first-order chi connectivity index (χ1) is 9.72. The van der Waals surface area contributed by atoms with Crippen LogP contribution in [0.25, 0.3) is 10.9 Å². The number of hydrogen-bond acceptors (Lipinski definition) is 2. The minimum Gasteiger partial charge on any atom is -0.478 e. The summed E-state index contributed by atoms with van der Waals surface area (Å²) in [5.41, 5.74) is 2.46. The highest BCUT2D eigenvalue weighted by Gasteiger charge is 2.05. The highest BCUT2D eigenvalue weighted by Crippen LogP contribution is 2.26. The Balaban J connectivity index is 1.75. The van der Waals surface area contributed by atoms with Crippen molar-refractivity contribution >= 4 is 28.6 Å². The van der Waals surface area contributed by atoms with Crippen LogP contribution in [0, 0.1) is 0 Å². The summed E-state index contributed by atoms with van der Waals surface area (Å²) in [7, 11) is 0. The van der Waals surface area contributed by atoms with Gasteiger partial charge in [-0.2, -0.15) is 0 Å². The summed E-state index contributed by atoms with van der Waals surface area (Å²) in [5, 5.41) is 11.3. The minimum atomic E-state index is -0.887. The summed E-state index contributed by atoms with van der Waals surface area (Å²) in [5.74, 6) is -0.143. The lowest BCUT2D eigenvalue weighted by Gasteiger charge is -2.01. The normalized spacial score (nSPS) is 10.8. The summed E-state index contributed by atoms with van der Waals surface area (Å²) >= 11 is 1.67. The van der Waals surface area contributed by atoms with Gasteiger partial charge in [-0.25, -0.2) is 4.79 Å². The van der Waals surface area contributed by atoms with E-state index in [1.54, 1.807) is 30.0 Å². The van der Waals surface area contributed by atoms with E-state index in [9.17, 15) is 4.79 Å². The van der Waals surface area contributed by atoms with E-state index in [4.69, 9.17) is 5.11 Å². The Morgan fingerprint density at radius 3 is 2.75 bits per heavy atom. The van der Waals surface area contributed by atoms with Gasteiger partial charge in [0, 0.05) is 16.7 Å². The summed E-state index contributed by atoms with van der Waals surface area (Å²) in [6, 6.07) is 17.3. The smallest absolute Gasteiger partial charge is 0.335 e. The molecule has 3 rings (SSSR count). The highest BCUT2D eigenvalue weighted by atomic mass is 32.2. The van der Waals surface area contributed by atoms with E-state index in [-0.39, 0.29) is 0 Å². The molecule has 0 spiro atoms. The van der Waals surface area contributed by atoms with Crippen LogP contribution in [-0.2, 0) is 5.75 Å². The number of carbonyl (C=O) groups is 1. The monoisotopic (exact) mass is 283 g/mol. The predicted molar refractivity (Wildman–Crippen MR) is 81.3 cm³/mol. The molecular weight excluding hydrogens is 270 g/mol. The number of benzene rings is 2. The SMILES string of the molecule is O=C(O)c1cccc(CSc2cc3ccccc3[nH]2)c1. The van der Waals surface area contributed by atoms with Crippen molar-refractivity contribution in [1.82, 2.24) is 4.98 Å². The molecular formula is C16H13NO2S. The predicted octanol–water partition coefficient (Wildman–Crippen LogP) is 4.16. The molecule has 3 aromatic rings. The summed E-state index contributed by atoms with van der Waals surface area (Å²) < 4.78 is 0. The van der Waals surface area contributed by atoms with Crippen LogP contribution in [0.5, 0.6) is 0 Å². The zero-order chi connectivity index (χ0) is 13.9. The fraction of sp³-hybridized carbons (Fsp3) is 0.0625. The lowest BCUT2D eigenvalue weighted by molar-refractivity contribution is 0.0697. The molecule has 3 nitrogen and oxygen atoms in total. The van der Waals surface area contributed by atoms with Gasteiger partial charge in [-0.1, -0.05) is 30.3 Å². The number of rotatable bonds is 4. The van der Waals surface area contributed by atoms with Gasteiger partial charge in [-0.15, -0.1) is 11.8 Å². The van der Waals surface area contributed by atoms with Gasteiger partial charge in [0.2, 0.25) is 0 Å². The number of aromatic nitrogens is 1. The van der Waals surface area contributed by atoms with E-state index < -0.39 is 5.97 Å². The van der Waals surface area contributed by atoms with Gasteiger partial charge >= 0.3 is 5.97 Å². The maximum atomic E-state index is 10.9. The van der Waals surface area contributed by atoms with Crippen molar-refractivity contribution in [3.05, 3.63) is 65.7 Å². The third-order valence-electron chi connectivity index (χ3n) is 3.07. The van der Waals surface area contributed by atoms with Gasteiger partial charge in [-0.3, -0.25) is 0 Å². The molecule has 2 N–H and O–H groups in total. The van der Waals surface area contributed by atoms with Crippen molar-refractivity contribution in [1.29, 1.82) is 0 Å². The molecule has 2 aromatic carbocycles. The molecule has 0 unspecified atom stereocenters. The molecule has 0 saturated carbocycles. The van der Waals surface area contributed by atoms with Crippen LogP contribution in [0.3, 0.4) is 0 Å². The lowest BCUT2D eigenvalue weighted by Crippen LogP contribution is -1.96. The molecule has 0 atom stereocenters. The number of carboxylic acids is 1. The van der Waals surface area contributed by atoms with Gasteiger partial charge in [0.1, 0.15) is 0 Å². The molecule has 20 heavy (non-hydrogen) atoms. The second-order valence-electron chi connectivity index (χ2n) is 4.52. The van der Waals surface area contributed by atoms with E-state index >= 15 is 0 Å². The number of carboxylic acid groups (broad SMARTS) is 1. The lowest BCUT2D eigenvalue weighted by atomic mass is 10.1. The van der Waals surface area contributed by atoms with Crippen molar-refractivity contribution in [3.63, 3.8) is 0 Å². The summed E-state index contributed by atoms with van der Waals surface area (Å²) in [6.45, 7) is 0. The number of fused-ring (bicyclic) bond motifs is 1. The number of H-pyrrole nitrogens is 1. The third kappa shape index (κ3) is 2.70. The van der Waals surface area contributed by atoms with Crippen molar-refractivity contribution < 1.29 is 9.90 Å². The Hall–Kier alpha value is -2.20. The number of thioether (sulfide) groups is 1. The summed E-state index contributed by atoms with van der Waals surface area (Å²) in [4.78, 5) is 14.3. The van der Waals surface area contributed by atoms with Crippen molar-refractivity contribution in [3.8, 4) is 0 Å². The molecule has 100 valence electrons. The number of hydrogen-bond donors (Lipinski definition) is 2. The first-order valence-electron chi connectivity index (χ1n) is 6.25. The third-order valence-corrected chi connectivity index (χ3v) is 4.08. The molecule has 4 heteroatoms. The molecule has 0 fully saturated rings. The second kappa shape index (κ2) is 5.43. The van der Waals surface area contributed by atoms with Gasteiger partial charge < -0.3 is 10.1 Å². The fourth-order valence-corrected chi connectivity index (χ4v) is 2.97. The molecule has 1 aromatic heterocycles. The summed E-state index contributed by atoms with van der Waals surface area (Å²) in [6.07, 6.45) is 0. The van der Waals surface area contributed by atoms with Gasteiger partial charge in [0.15, 0.2) is 0 Å².